The van der Waals surface area contributed by atoms with Crippen molar-refractivity contribution in [3.05, 3.63) is 0 Å². The maximum atomic E-state index is 6.32. The van der Waals surface area contributed by atoms with Crippen LogP contribution in [0.3, 0.4) is 0 Å². The third-order valence-corrected chi connectivity index (χ3v) is 9.53. The Bertz CT molecular complexity index is 605. The van der Waals surface area contributed by atoms with Gasteiger partial charge in [-0.1, -0.05) is 0 Å². The number of rotatable bonds is 9. The lowest BCUT2D eigenvalue weighted by Gasteiger charge is -2.41. The normalized spacial score (nSPS) is 38.2. The zero-order chi connectivity index (χ0) is 24.6. The summed E-state index contributed by atoms with van der Waals surface area (Å²) < 4.78 is 11.9. The van der Waals surface area contributed by atoms with Gasteiger partial charge in [0.25, 0.3) is 0 Å². The van der Waals surface area contributed by atoms with Crippen LogP contribution in [0.15, 0.2) is 0 Å². The number of ether oxygens (including phenoxy) is 2. The first kappa shape index (κ1) is 27.2. The summed E-state index contributed by atoms with van der Waals surface area (Å²) in [6.07, 6.45) is 12.7. The van der Waals surface area contributed by atoms with Crippen molar-refractivity contribution < 1.29 is 9.47 Å². The number of nitrogens with zero attached hydrogens (tertiary/aromatic N) is 2. The molecule has 9 nitrogen and oxygen atoms in total. The molecular formula is C27H53N7O2. The van der Waals surface area contributed by atoms with Gasteiger partial charge < -0.3 is 9.47 Å². The molecule has 0 spiro atoms. The van der Waals surface area contributed by atoms with Crippen molar-refractivity contribution in [2.24, 2.45) is 11.8 Å². The van der Waals surface area contributed by atoms with E-state index in [9.17, 15) is 0 Å². The molecule has 5 fully saturated rings. The summed E-state index contributed by atoms with van der Waals surface area (Å²) in [5.41, 5.74) is 0. The van der Waals surface area contributed by atoms with E-state index in [1.165, 1.54) is 57.8 Å². The minimum atomic E-state index is 0.261. The highest BCUT2D eigenvalue weighted by atomic mass is 16.5. The zero-order valence-corrected chi connectivity index (χ0v) is 22.7. The molecule has 3 aliphatic heterocycles. The highest BCUT2D eigenvalue weighted by Gasteiger charge is 2.32. The topological polar surface area (TPSA) is 85.1 Å². The Labute approximate surface area is 219 Å². The fourth-order valence-corrected chi connectivity index (χ4v) is 7.05. The van der Waals surface area contributed by atoms with Gasteiger partial charge in [0.05, 0.1) is 18.8 Å². The van der Waals surface area contributed by atoms with E-state index in [2.05, 4.69) is 36.4 Å². The van der Waals surface area contributed by atoms with Crippen LogP contribution in [0.2, 0.25) is 0 Å². The summed E-state index contributed by atoms with van der Waals surface area (Å²) >= 11 is 0. The second-order valence-corrected chi connectivity index (χ2v) is 11.8. The summed E-state index contributed by atoms with van der Waals surface area (Å²) in [7, 11) is 1.86. The van der Waals surface area contributed by atoms with Crippen molar-refractivity contribution >= 4 is 0 Å². The van der Waals surface area contributed by atoms with Crippen LogP contribution in [0.25, 0.3) is 0 Å². The number of methoxy groups -OCH3 is 1. The number of hydrogen-bond acceptors (Lipinski definition) is 9. The van der Waals surface area contributed by atoms with E-state index in [0.717, 1.165) is 77.3 Å². The molecule has 5 aliphatic rings. The SMILES string of the molecule is COC1CCC(C2CNC(NC3CCC(OCCN4CCN(C5NCCCN5)CC4)CC3)NC2)CC1. The van der Waals surface area contributed by atoms with Crippen molar-refractivity contribution in [3.63, 3.8) is 0 Å². The molecule has 3 saturated heterocycles. The van der Waals surface area contributed by atoms with Crippen molar-refractivity contribution in [1.29, 1.82) is 0 Å². The third-order valence-electron chi connectivity index (χ3n) is 9.53. The second kappa shape index (κ2) is 14.1. The average Bonchev–Trinajstić information content (AvgIpc) is 2.95. The standard InChI is InChI=1S/C27H53N7O2/c1-35-24-7-3-21(4-8-24)22-19-30-26(31-20-22)32-23-5-9-25(10-6-23)36-18-17-33-13-15-34(16-14-33)27-28-11-2-12-29-27/h21-32H,2-20H2,1H3. The molecule has 0 aromatic rings. The lowest BCUT2D eigenvalue weighted by Crippen LogP contribution is -2.63. The van der Waals surface area contributed by atoms with E-state index >= 15 is 0 Å². The van der Waals surface area contributed by atoms with Crippen molar-refractivity contribution in [2.75, 3.05) is 72.6 Å². The fraction of sp³-hybridized carbons (Fsp3) is 1.00. The molecule has 0 amide bonds. The molecule has 0 aromatic heterocycles. The van der Waals surface area contributed by atoms with Crippen LogP contribution in [0.5, 0.6) is 0 Å². The molecule has 0 unspecified atom stereocenters. The molecule has 5 N–H and O–H groups in total. The van der Waals surface area contributed by atoms with Crippen LogP contribution < -0.4 is 26.6 Å². The lowest BCUT2D eigenvalue weighted by atomic mass is 9.78. The summed E-state index contributed by atoms with van der Waals surface area (Å²) in [5, 5.41) is 18.5. The van der Waals surface area contributed by atoms with Gasteiger partial charge in [0.2, 0.25) is 0 Å². The summed E-state index contributed by atoms with van der Waals surface area (Å²) in [4.78, 5) is 5.12. The first-order valence-electron chi connectivity index (χ1n) is 15.1. The molecule has 0 bridgehead atoms. The fourth-order valence-electron chi connectivity index (χ4n) is 7.05. The molecule has 2 saturated carbocycles. The number of piperazine rings is 1. The summed E-state index contributed by atoms with van der Waals surface area (Å²) in [6.45, 7) is 11.1. The molecule has 2 aliphatic carbocycles. The maximum absolute atomic E-state index is 6.32. The first-order valence-corrected chi connectivity index (χ1v) is 15.1. The van der Waals surface area contributed by atoms with Gasteiger partial charge in [-0.05, 0) is 82.7 Å². The van der Waals surface area contributed by atoms with Crippen molar-refractivity contribution in [3.8, 4) is 0 Å². The zero-order valence-electron chi connectivity index (χ0n) is 22.7. The molecular weight excluding hydrogens is 454 g/mol. The van der Waals surface area contributed by atoms with Crippen LogP contribution in [0.1, 0.15) is 57.8 Å². The van der Waals surface area contributed by atoms with Gasteiger partial charge in [0.15, 0.2) is 0 Å². The minimum absolute atomic E-state index is 0.261. The van der Waals surface area contributed by atoms with Crippen LogP contribution >= 0.6 is 0 Å². The Balaban J connectivity index is 0.896. The predicted octanol–water partition coefficient (Wildman–Crippen LogP) is 0.686. The summed E-state index contributed by atoms with van der Waals surface area (Å²) in [5.74, 6) is 1.60. The molecule has 0 radical (unpaired) electrons. The molecule has 5 rings (SSSR count). The largest absolute Gasteiger partial charge is 0.381 e. The quantitative estimate of drug-likeness (QED) is 0.309. The summed E-state index contributed by atoms with van der Waals surface area (Å²) in [6, 6.07) is 0.596. The second-order valence-electron chi connectivity index (χ2n) is 11.8. The molecule has 9 heteroatoms. The van der Waals surface area contributed by atoms with Crippen molar-refractivity contribution in [1.82, 2.24) is 36.4 Å². The van der Waals surface area contributed by atoms with Gasteiger partial charge in [-0.3, -0.25) is 36.4 Å². The van der Waals surface area contributed by atoms with E-state index in [4.69, 9.17) is 9.47 Å². The highest BCUT2D eigenvalue weighted by Crippen LogP contribution is 2.32. The smallest absolute Gasteiger partial charge is 0.114 e. The van der Waals surface area contributed by atoms with Crippen LogP contribution in [0.4, 0.5) is 0 Å². The van der Waals surface area contributed by atoms with Crippen LogP contribution in [0, 0.1) is 11.8 Å². The van der Waals surface area contributed by atoms with E-state index in [0.29, 0.717) is 24.5 Å². The molecule has 36 heavy (non-hydrogen) atoms. The van der Waals surface area contributed by atoms with E-state index in [1.54, 1.807) is 0 Å². The Morgan fingerprint density at radius 2 is 1.42 bits per heavy atom. The molecule has 0 aromatic carbocycles. The minimum Gasteiger partial charge on any atom is -0.381 e. The van der Waals surface area contributed by atoms with Gasteiger partial charge in [0.1, 0.15) is 12.6 Å². The maximum Gasteiger partial charge on any atom is 0.114 e. The van der Waals surface area contributed by atoms with Gasteiger partial charge in [-0.2, -0.15) is 0 Å². The van der Waals surface area contributed by atoms with Gasteiger partial charge >= 0.3 is 0 Å². The predicted molar refractivity (Wildman–Crippen MR) is 144 cm³/mol. The van der Waals surface area contributed by atoms with E-state index in [-0.39, 0.29) is 6.29 Å². The first-order chi connectivity index (χ1) is 17.8. The van der Waals surface area contributed by atoms with Crippen molar-refractivity contribution in [2.45, 2.75) is 88.6 Å². The molecule has 208 valence electrons. The van der Waals surface area contributed by atoms with Gasteiger partial charge in [0, 0.05) is 59.0 Å². The Morgan fingerprint density at radius 3 is 2.08 bits per heavy atom. The Morgan fingerprint density at radius 1 is 0.750 bits per heavy atom. The lowest BCUT2D eigenvalue weighted by molar-refractivity contribution is -0.00341. The monoisotopic (exact) mass is 507 g/mol. The highest BCUT2D eigenvalue weighted by molar-refractivity contribution is 4.87. The molecule has 0 atom stereocenters. The third kappa shape index (κ3) is 7.83. The van der Waals surface area contributed by atoms with Crippen LogP contribution in [-0.2, 0) is 9.47 Å². The molecule has 3 heterocycles. The Hall–Kier alpha value is -0.360. The van der Waals surface area contributed by atoms with Gasteiger partial charge in [-0.25, -0.2) is 0 Å². The number of hydrogen-bond donors (Lipinski definition) is 5. The van der Waals surface area contributed by atoms with E-state index in [1.807, 2.05) is 7.11 Å². The van der Waals surface area contributed by atoms with E-state index < -0.39 is 0 Å². The number of nitrogens with one attached hydrogen (secondary N) is 5. The average molecular weight is 508 g/mol. The Kier molecular flexibility index (Phi) is 10.7. The van der Waals surface area contributed by atoms with Crippen LogP contribution in [-0.4, -0.2) is 113 Å². The van der Waals surface area contributed by atoms with Gasteiger partial charge in [-0.15, -0.1) is 0 Å².